The molecule has 1 fully saturated rings. The molecule has 9 heteroatoms. The van der Waals surface area contributed by atoms with E-state index in [1.807, 2.05) is 11.5 Å². The number of imidazole rings is 1. The third-order valence-electron chi connectivity index (χ3n) is 3.19. The van der Waals surface area contributed by atoms with Crippen molar-refractivity contribution in [2.45, 2.75) is 32.1 Å². The second kappa shape index (κ2) is 5.67. The van der Waals surface area contributed by atoms with Gasteiger partial charge in [0.2, 0.25) is 0 Å². The molecule has 0 radical (unpaired) electrons. The predicted octanol–water partition coefficient (Wildman–Crippen LogP) is 0.874. The van der Waals surface area contributed by atoms with Gasteiger partial charge >= 0.3 is 7.75 Å². The molecule has 20 heavy (non-hydrogen) atoms. The fraction of sp³-hybridized carbons (Fsp3) is 0.545. The molecule has 2 rings (SSSR count). The molecule has 1 aliphatic heterocycles. The Morgan fingerprint density at radius 2 is 2.45 bits per heavy atom. The molecule has 0 spiro atoms. The van der Waals surface area contributed by atoms with E-state index in [1.165, 1.54) is 0 Å². The monoisotopic (exact) mass is 302 g/mol. The summed E-state index contributed by atoms with van der Waals surface area (Å²) >= 11 is 0. The number of nitrogens with two attached hydrogens (primary N) is 2. The lowest BCUT2D eigenvalue weighted by Gasteiger charge is -2.17. The summed E-state index contributed by atoms with van der Waals surface area (Å²) in [5, 5.41) is 0. The zero-order valence-electron chi connectivity index (χ0n) is 11.2. The van der Waals surface area contributed by atoms with E-state index < -0.39 is 7.75 Å². The molecule has 1 aromatic heterocycles. The van der Waals surface area contributed by atoms with Crippen LogP contribution in [-0.2, 0) is 13.8 Å². The highest BCUT2D eigenvalue weighted by Crippen LogP contribution is 2.35. The SMILES string of the molecule is C=C(N)c1ncn([C@H]2CC[C@@H](COP(N)(=O)O)O2)c1C. The smallest absolute Gasteiger partial charge is 0.397 e. The summed E-state index contributed by atoms with van der Waals surface area (Å²) in [4.78, 5) is 13.1. The van der Waals surface area contributed by atoms with E-state index in [1.54, 1.807) is 6.33 Å². The van der Waals surface area contributed by atoms with E-state index in [-0.39, 0.29) is 18.9 Å². The van der Waals surface area contributed by atoms with E-state index in [4.69, 9.17) is 20.9 Å². The number of hydrogen-bond acceptors (Lipinski definition) is 5. The molecule has 0 amide bonds. The van der Waals surface area contributed by atoms with Crippen LogP contribution in [0, 0.1) is 6.92 Å². The Hall–Kier alpha value is -1.18. The first-order chi connectivity index (χ1) is 9.28. The van der Waals surface area contributed by atoms with Gasteiger partial charge in [0.25, 0.3) is 0 Å². The maximum absolute atomic E-state index is 10.9. The second-order valence-electron chi connectivity index (χ2n) is 4.76. The van der Waals surface area contributed by atoms with Crippen LogP contribution < -0.4 is 11.2 Å². The van der Waals surface area contributed by atoms with Crippen LogP contribution in [0.1, 0.15) is 30.5 Å². The lowest BCUT2D eigenvalue weighted by molar-refractivity contribution is -0.0200. The highest BCUT2D eigenvalue weighted by Gasteiger charge is 2.29. The minimum Gasteiger partial charge on any atom is -0.397 e. The summed E-state index contributed by atoms with van der Waals surface area (Å²) < 4.78 is 23.2. The van der Waals surface area contributed by atoms with Crippen LogP contribution in [0.2, 0.25) is 0 Å². The van der Waals surface area contributed by atoms with Gasteiger partial charge in [0.1, 0.15) is 11.9 Å². The van der Waals surface area contributed by atoms with E-state index in [0.717, 1.165) is 12.1 Å². The minimum atomic E-state index is -3.96. The van der Waals surface area contributed by atoms with Crippen molar-refractivity contribution in [2.24, 2.45) is 11.2 Å². The molecule has 1 aromatic rings. The van der Waals surface area contributed by atoms with Crippen LogP contribution in [0.5, 0.6) is 0 Å². The summed E-state index contributed by atoms with van der Waals surface area (Å²) in [5.74, 6) is 0. The van der Waals surface area contributed by atoms with Crippen molar-refractivity contribution in [3.63, 3.8) is 0 Å². The fourth-order valence-electron chi connectivity index (χ4n) is 2.23. The van der Waals surface area contributed by atoms with Crippen LogP contribution in [-0.4, -0.2) is 27.2 Å². The molecule has 3 atom stereocenters. The maximum atomic E-state index is 10.9. The van der Waals surface area contributed by atoms with Gasteiger partial charge in [0, 0.05) is 5.69 Å². The molecule has 5 N–H and O–H groups in total. The Balaban J connectivity index is 1.99. The quantitative estimate of drug-likeness (QED) is 0.689. The second-order valence-corrected chi connectivity index (χ2v) is 6.15. The topological polar surface area (TPSA) is 126 Å². The van der Waals surface area contributed by atoms with Crippen LogP contribution >= 0.6 is 7.75 Å². The molecular formula is C11H19N4O4P. The lowest BCUT2D eigenvalue weighted by Crippen LogP contribution is -2.17. The van der Waals surface area contributed by atoms with Crippen molar-refractivity contribution in [3.8, 4) is 0 Å². The van der Waals surface area contributed by atoms with Crippen LogP contribution in [0.4, 0.5) is 0 Å². The van der Waals surface area contributed by atoms with Gasteiger partial charge in [0.15, 0.2) is 0 Å². The number of ether oxygens (including phenoxy) is 1. The fourth-order valence-corrected chi connectivity index (χ4v) is 2.61. The summed E-state index contributed by atoms with van der Waals surface area (Å²) in [7, 11) is -3.96. The van der Waals surface area contributed by atoms with E-state index in [2.05, 4.69) is 16.1 Å². The van der Waals surface area contributed by atoms with Gasteiger partial charge in [-0.2, -0.15) is 0 Å². The summed E-state index contributed by atoms with van der Waals surface area (Å²) in [6.45, 7) is 5.54. The first kappa shape index (κ1) is 15.2. The molecule has 112 valence electrons. The number of hydrogen-bond donors (Lipinski definition) is 3. The van der Waals surface area contributed by atoms with Crippen LogP contribution in [0.3, 0.4) is 0 Å². The molecular weight excluding hydrogens is 283 g/mol. The molecule has 0 aromatic carbocycles. The minimum absolute atomic E-state index is 0.00895. The van der Waals surface area contributed by atoms with Gasteiger partial charge in [-0.15, -0.1) is 0 Å². The number of aromatic nitrogens is 2. The van der Waals surface area contributed by atoms with Crippen molar-refractivity contribution in [3.05, 3.63) is 24.3 Å². The van der Waals surface area contributed by atoms with Crippen molar-refractivity contribution in [1.82, 2.24) is 9.55 Å². The van der Waals surface area contributed by atoms with E-state index in [9.17, 15) is 4.57 Å². The molecule has 1 aliphatic rings. The molecule has 1 saturated heterocycles. The Kier molecular flexibility index (Phi) is 4.31. The molecule has 0 bridgehead atoms. The first-order valence-corrected chi connectivity index (χ1v) is 7.82. The Labute approximate surface area is 117 Å². The standard InChI is InChI=1S/C11H19N4O4P/c1-7(12)11-8(2)15(6-14-11)10-4-3-9(19-10)5-18-20(13,16)17/h6,9-10H,1,3-5,12H2,2H3,(H3,13,16,17)/t9-,10+/m0/s1. The highest BCUT2D eigenvalue weighted by atomic mass is 31.2. The van der Waals surface area contributed by atoms with Gasteiger partial charge in [-0.3, -0.25) is 4.52 Å². The van der Waals surface area contributed by atoms with Crippen molar-refractivity contribution in [1.29, 1.82) is 0 Å². The van der Waals surface area contributed by atoms with E-state index >= 15 is 0 Å². The van der Waals surface area contributed by atoms with Gasteiger partial charge in [-0.25, -0.2) is 15.1 Å². The lowest BCUT2D eigenvalue weighted by atomic mass is 10.2. The largest absolute Gasteiger partial charge is 0.400 e. The van der Waals surface area contributed by atoms with Gasteiger partial charge in [-0.05, 0) is 19.8 Å². The van der Waals surface area contributed by atoms with Crippen LogP contribution in [0.15, 0.2) is 12.9 Å². The highest BCUT2D eigenvalue weighted by molar-refractivity contribution is 7.50. The third kappa shape index (κ3) is 3.47. The first-order valence-electron chi connectivity index (χ1n) is 6.17. The van der Waals surface area contributed by atoms with Crippen molar-refractivity contribution in [2.75, 3.05) is 6.61 Å². The summed E-state index contributed by atoms with van der Waals surface area (Å²) in [6.07, 6.45) is 2.65. The maximum Gasteiger partial charge on any atom is 0.400 e. The van der Waals surface area contributed by atoms with Gasteiger partial charge < -0.3 is 19.9 Å². The van der Waals surface area contributed by atoms with Crippen molar-refractivity contribution < 1.29 is 18.7 Å². The number of rotatable bonds is 5. The molecule has 2 heterocycles. The van der Waals surface area contributed by atoms with Gasteiger partial charge in [0.05, 0.1) is 24.7 Å². The predicted molar refractivity (Wildman–Crippen MR) is 73.3 cm³/mol. The molecule has 8 nitrogen and oxygen atoms in total. The average Bonchev–Trinajstić information content (AvgIpc) is 2.91. The van der Waals surface area contributed by atoms with Crippen LogP contribution in [0.25, 0.3) is 5.70 Å². The Morgan fingerprint density at radius 3 is 3.00 bits per heavy atom. The zero-order chi connectivity index (χ0) is 14.9. The molecule has 0 saturated carbocycles. The van der Waals surface area contributed by atoms with Crippen molar-refractivity contribution >= 4 is 13.4 Å². The zero-order valence-corrected chi connectivity index (χ0v) is 12.1. The average molecular weight is 302 g/mol. The molecule has 1 unspecified atom stereocenters. The number of nitrogens with zero attached hydrogens (tertiary/aromatic N) is 2. The normalized spacial score (nSPS) is 25.6. The summed E-state index contributed by atoms with van der Waals surface area (Å²) in [5.41, 5.74) is 12.5. The Bertz CT molecular complexity index is 553. The Morgan fingerprint density at radius 1 is 1.75 bits per heavy atom. The van der Waals surface area contributed by atoms with E-state index in [0.29, 0.717) is 17.8 Å². The van der Waals surface area contributed by atoms with Gasteiger partial charge in [-0.1, -0.05) is 6.58 Å². The summed E-state index contributed by atoms with van der Waals surface area (Å²) in [6, 6.07) is 0. The third-order valence-corrected chi connectivity index (χ3v) is 3.71. The molecule has 0 aliphatic carbocycles.